The standard InChI is InChI=1S/C9H18N2O/c1-7(2)8(6-12)11-9-4-3-5-10-9/h7-8,12H,3-6H2,1-2H3,(H,10,11). The second-order valence-electron chi connectivity index (χ2n) is 3.61. The van der Waals surface area contributed by atoms with Crippen LogP contribution in [0.5, 0.6) is 0 Å². The van der Waals surface area contributed by atoms with E-state index in [1.165, 1.54) is 0 Å². The topological polar surface area (TPSA) is 44.6 Å². The van der Waals surface area contributed by atoms with Gasteiger partial charge in [0, 0.05) is 13.0 Å². The molecule has 0 aromatic rings. The molecule has 3 heteroatoms. The molecule has 0 bridgehead atoms. The molecule has 0 saturated heterocycles. The molecule has 1 rings (SSSR count). The molecule has 70 valence electrons. The van der Waals surface area contributed by atoms with E-state index in [1.54, 1.807) is 0 Å². The predicted molar refractivity (Wildman–Crippen MR) is 50.4 cm³/mol. The number of amidine groups is 1. The molecule has 0 aromatic heterocycles. The maximum Gasteiger partial charge on any atom is 0.0966 e. The number of aliphatic hydroxyl groups excluding tert-OH is 1. The highest BCUT2D eigenvalue weighted by atomic mass is 16.3. The molecule has 0 fully saturated rings. The summed E-state index contributed by atoms with van der Waals surface area (Å²) in [6.45, 7) is 5.34. The van der Waals surface area contributed by atoms with Crippen LogP contribution in [0.25, 0.3) is 0 Å². The van der Waals surface area contributed by atoms with Crippen molar-refractivity contribution in [1.29, 1.82) is 0 Å². The molecule has 1 unspecified atom stereocenters. The Morgan fingerprint density at radius 3 is 2.75 bits per heavy atom. The number of nitrogens with zero attached hydrogens (tertiary/aromatic N) is 1. The molecule has 1 atom stereocenters. The van der Waals surface area contributed by atoms with Crippen LogP contribution in [0.3, 0.4) is 0 Å². The normalized spacial score (nSPS) is 19.5. The smallest absolute Gasteiger partial charge is 0.0966 e. The number of hydrogen-bond donors (Lipinski definition) is 2. The molecule has 0 saturated carbocycles. The first-order valence-electron chi connectivity index (χ1n) is 4.64. The van der Waals surface area contributed by atoms with E-state index >= 15 is 0 Å². The van der Waals surface area contributed by atoms with Crippen LogP contribution < -0.4 is 5.32 Å². The van der Waals surface area contributed by atoms with E-state index in [9.17, 15) is 0 Å². The minimum atomic E-state index is 0.168. The molecule has 0 aliphatic carbocycles. The zero-order chi connectivity index (χ0) is 8.97. The van der Waals surface area contributed by atoms with Gasteiger partial charge in [0.1, 0.15) is 0 Å². The lowest BCUT2D eigenvalue weighted by Gasteiger charge is -2.20. The summed E-state index contributed by atoms with van der Waals surface area (Å²) in [4.78, 5) is 4.30. The average Bonchev–Trinajstić information content (AvgIpc) is 2.51. The van der Waals surface area contributed by atoms with Gasteiger partial charge in [0.25, 0.3) is 0 Å². The Kier molecular flexibility index (Phi) is 3.53. The molecule has 0 amide bonds. The highest BCUT2D eigenvalue weighted by Crippen LogP contribution is 2.06. The maximum absolute atomic E-state index is 9.04. The molecule has 1 heterocycles. The Morgan fingerprint density at radius 2 is 2.33 bits per heavy atom. The second kappa shape index (κ2) is 4.45. The first-order valence-corrected chi connectivity index (χ1v) is 4.64. The van der Waals surface area contributed by atoms with Crippen LogP contribution in [0.2, 0.25) is 0 Å². The van der Waals surface area contributed by atoms with Crippen LogP contribution in [-0.4, -0.2) is 30.1 Å². The summed E-state index contributed by atoms with van der Waals surface area (Å²) in [5.74, 6) is 1.53. The first-order chi connectivity index (χ1) is 5.74. The van der Waals surface area contributed by atoms with Crippen LogP contribution in [0.15, 0.2) is 4.99 Å². The third-order valence-corrected chi connectivity index (χ3v) is 2.23. The van der Waals surface area contributed by atoms with Crippen molar-refractivity contribution in [2.45, 2.75) is 32.7 Å². The molecule has 0 spiro atoms. The van der Waals surface area contributed by atoms with Crippen LogP contribution in [-0.2, 0) is 0 Å². The van der Waals surface area contributed by atoms with Gasteiger partial charge in [0.15, 0.2) is 0 Å². The van der Waals surface area contributed by atoms with Gasteiger partial charge in [-0.25, -0.2) is 0 Å². The maximum atomic E-state index is 9.04. The first kappa shape index (κ1) is 9.52. The van der Waals surface area contributed by atoms with Crippen molar-refractivity contribution in [1.82, 2.24) is 5.32 Å². The van der Waals surface area contributed by atoms with E-state index in [4.69, 9.17) is 5.11 Å². The lowest BCUT2D eigenvalue weighted by atomic mass is 10.1. The summed E-state index contributed by atoms with van der Waals surface area (Å²) >= 11 is 0. The number of rotatable bonds is 3. The van der Waals surface area contributed by atoms with Crippen molar-refractivity contribution >= 4 is 5.84 Å². The van der Waals surface area contributed by atoms with E-state index in [2.05, 4.69) is 24.2 Å². The SMILES string of the molecule is CC(C)C(CO)NC1=NCCC1. The van der Waals surface area contributed by atoms with Crippen LogP contribution >= 0.6 is 0 Å². The Balaban J connectivity index is 2.36. The van der Waals surface area contributed by atoms with Crippen molar-refractivity contribution in [3.63, 3.8) is 0 Å². The predicted octanol–water partition coefficient (Wildman–Crippen LogP) is 0.785. The fourth-order valence-corrected chi connectivity index (χ4v) is 1.29. The Morgan fingerprint density at radius 1 is 1.58 bits per heavy atom. The van der Waals surface area contributed by atoms with Gasteiger partial charge < -0.3 is 10.4 Å². The molecule has 0 radical (unpaired) electrons. The van der Waals surface area contributed by atoms with Gasteiger partial charge in [-0.1, -0.05) is 13.8 Å². The Hall–Kier alpha value is -0.570. The molecule has 2 N–H and O–H groups in total. The van der Waals surface area contributed by atoms with Gasteiger partial charge in [-0.2, -0.15) is 0 Å². The number of aliphatic imine (C=N–C) groups is 1. The van der Waals surface area contributed by atoms with E-state index < -0.39 is 0 Å². The lowest BCUT2D eigenvalue weighted by molar-refractivity contribution is 0.226. The van der Waals surface area contributed by atoms with Crippen LogP contribution in [0.4, 0.5) is 0 Å². The van der Waals surface area contributed by atoms with E-state index in [0.717, 1.165) is 25.2 Å². The van der Waals surface area contributed by atoms with Gasteiger partial charge in [0.2, 0.25) is 0 Å². The summed E-state index contributed by atoms with van der Waals surface area (Å²) in [5, 5.41) is 12.3. The summed E-state index contributed by atoms with van der Waals surface area (Å²) in [5.41, 5.74) is 0. The Labute approximate surface area is 73.9 Å². The average molecular weight is 170 g/mol. The van der Waals surface area contributed by atoms with Crippen molar-refractivity contribution in [2.75, 3.05) is 13.2 Å². The fraction of sp³-hybridized carbons (Fsp3) is 0.889. The van der Waals surface area contributed by atoms with Crippen molar-refractivity contribution in [3.05, 3.63) is 0 Å². The monoisotopic (exact) mass is 170 g/mol. The molecule has 12 heavy (non-hydrogen) atoms. The van der Waals surface area contributed by atoms with Gasteiger partial charge in [-0.05, 0) is 12.3 Å². The van der Waals surface area contributed by atoms with Crippen LogP contribution in [0.1, 0.15) is 26.7 Å². The quantitative estimate of drug-likeness (QED) is 0.657. The Bertz CT molecular complexity index is 166. The van der Waals surface area contributed by atoms with E-state index in [1.807, 2.05) is 0 Å². The number of aliphatic hydroxyl groups is 1. The molecule has 1 aliphatic rings. The van der Waals surface area contributed by atoms with Gasteiger partial charge in [-0.15, -0.1) is 0 Å². The van der Waals surface area contributed by atoms with Crippen molar-refractivity contribution in [3.8, 4) is 0 Å². The highest BCUT2D eigenvalue weighted by molar-refractivity contribution is 5.83. The van der Waals surface area contributed by atoms with E-state index in [0.29, 0.717) is 5.92 Å². The summed E-state index contributed by atoms with van der Waals surface area (Å²) in [6, 6.07) is 0.168. The summed E-state index contributed by atoms with van der Waals surface area (Å²) in [7, 11) is 0. The lowest BCUT2D eigenvalue weighted by Crippen LogP contribution is -2.40. The fourth-order valence-electron chi connectivity index (χ4n) is 1.29. The second-order valence-corrected chi connectivity index (χ2v) is 3.61. The molecular formula is C9H18N2O. The third-order valence-electron chi connectivity index (χ3n) is 2.23. The zero-order valence-electron chi connectivity index (χ0n) is 7.88. The molecular weight excluding hydrogens is 152 g/mol. The minimum absolute atomic E-state index is 0.168. The van der Waals surface area contributed by atoms with Gasteiger partial charge in [0.05, 0.1) is 18.5 Å². The molecule has 0 aromatic carbocycles. The van der Waals surface area contributed by atoms with Crippen LogP contribution in [0, 0.1) is 5.92 Å². The number of hydrogen-bond acceptors (Lipinski definition) is 3. The largest absolute Gasteiger partial charge is 0.394 e. The highest BCUT2D eigenvalue weighted by Gasteiger charge is 2.15. The van der Waals surface area contributed by atoms with Crippen molar-refractivity contribution < 1.29 is 5.11 Å². The third kappa shape index (κ3) is 2.48. The number of nitrogens with one attached hydrogen (secondary N) is 1. The zero-order valence-corrected chi connectivity index (χ0v) is 7.88. The molecule has 1 aliphatic heterocycles. The van der Waals surface area contributed by atoms with Gasteiger partial charge in [-0.3, -0.25) is 4.99 Å². The molecule has 3 nitrogen and oxygen atoms in total. The summed E-state index contributed by atoms with van der Waals surface area (Å²) in [6.07, 6.45) is 2.20. The van der Waals surface area contributed by atoms with E-state index in [-0.39, 0.29) is 12.6 Å². The minimum Gasteiger partial charge on any atom is -0.394 e. The van der Waals surface area contributed by atoms with Crippen molar-refractivity contribution in [2.24, 2.45) is 10.9 Å². The summed E-state index contributed by atoms with van der Waals surface area (Å²) < 4.78 is 0. The van der Waals surface area contributed by atoms with Gasteiger partial charge >= 0.3 is 0 Å².